The predicted octanol–water partition coefficient (Wildman–Crippen LogP) is 7.65. The lowest BCUT2D eigenvalue weighted by atomic mass is 10.1. The number of aryl methyl sites for hydroxylation is 2. The molecule has 3 aromatic carbocycles. The molecule has 1 aromatic heterocycles. The number of thioether (sulfide) groups is 1. The molecule has 0 fully saturated rings. The molecule has 0 spiro atoms. The molecule has 12 heteroatoms. The van der Waals surface area contributed by atoms with Crippen molar-refractivity contribution >= 4 is 50.9 Å². The molecule has 0 aliphatic carbocycles. The molecule has 38 heavy (non-hydrogen) atoms. The van der Waals surface area contributed by atoms with Crippen molar-refractivity contribution in [2.45, 2.75) is 30.9 Å². The van der Waals surface area contributed by atoms with E-state index in [1.54, 1.807) is 24.3 Å². The van der Waals surface area contributed by atoms with E-state index in [0.29, 0.717) is 42.6 Å². The van der Waals surface area contributed by atoms with Gasteiger partial charge in [-0.2, -0.15) is 0 Å². The molecule has 0 bridgehead atoms. The van der Waals surface area contributed by atoms with Gasteiger partial charge in [-0.15, -0.1) is 10.2 Å². The highest BCUT2D eigenvalue weighted by Gasteiger charge is 2.26. The first-order valence-corrected chi connectivity index (χ1v) is 13.8. The van der Waals surface area contributed by atoms with E-state index in [4.69, 9.17) is 32.7 Å². The largest absolute Gasteiger partial charge is 0.493 e. The minimum Gasteiger partial charge on any atom is -0.493 e. The maximum absolute atomic E-state index is 11.6. The lowest BCUT2D eigenvalue weighted by Gasteiger charge is -2.18. The van der Waals surface area contributed by atoms with Gasteiger partial charge in [0.1, 0.15) is 17.7 Å². The quantitative estimate of drug-likeness (QED) is 0.100. The van der Waals surface area contributed by atoms with Crippen LogP contribution in [0.2, 0.25) is 10.0 Å². The van der Waals surface area contributed by atoms with Crippen molar-refractivity contribution in [1.82, 2.24) is 14.8 Å². The molecule has 4 aromatic rings. The maximum Gasteiger partial charge on any atom is 0.220 e. The van der Waals surface area contributed by atoms with Gasteiger partial charge in [-0.3, -0.25) is 14.7 Å². The predicted molar refractivity (Wildman–Crippen MR) is 153 cm³/mol. The fourth-order valence-corrected chi connectivity index (χ4v) is 5.78. The number of halogens is 3. The van der Waals surface area contributed by atoms with Crippen LogP contribution in [0.25, 0.3) is 5.69 Å². The van der Waals surface area contributed by atoms with Gasteiger partial charge in [0, 0.05) is 10.6 Å². The molecular formula is C26H23BrCl2N4O4S. The van der Waals surface area contributed by atoms with Gasteiger partial charge in [0.2, 0.25) is 6.54 Å². The number of ether oxygens (including phenoxy) is 2. The molecule has 1 heterocycles. The number of nitro groups is 1. The lowest BCUT2D eigenvalue weighted by molar-refractivity contribution is -0.479. The summed E-state index contributed by atoms with van der Waals surface area (Å²) in [5, 5.41) is 21.0. The van der Waals surface area contributed by atoms with E-state index >= 15 is 0 Å². The van der Waals surface area contributed by atoms with E-state index in [9.17, 15) is 10.1 Å². The van der Waals surface area contributed by atoms with Gasteiger partial charge in [-0.25, -0.2) is 0 Å². The van der Waals surface area contributed by atoms with Crippen LogP contribution in [-0.4, -0.2) is 33.3 Å². The van der Waals surface area contributed by atoms with Crippen LogP contribution < -0.4 is 9.47 Å². The van der Waals surface area contributed by atoms with Gasteiger partial charge >= 0.3 is 0 Å². The Morgan fingerprint density at radius 1 is 1.08 bits per heavy atom. The third kappa shape index (κ3) is 6.61. The molecule has 8 nitrogen and oxygen atoms in total. The number of aromatic nitrogens is 3. The van der Waals surface area contributed by atoms with Crippen LogP contribution in [0.4, 0.5) is 0 Å². The number of methoxy groups -OCH3 is 1. The van der Waals surface area contributed by atoms with Gasteiger partial charge in [0.05, 0.1) is 21.6 Å². The highest BCUT2D eigenvalue weighted by Crippen LogP contribution is 2.43. The summed E-state index contributed by atoms with van der Waals surface area (Å²) < 4.78 is 14.1. The van der Waals surface area contributed by atoms with Gasteiger partial charge < -0.3 is 9.47 Å². The van der Waals surface area contributed by atoms with Crippen molar-refractivity contribution in [3.8, 4) is 17.2 Å². The number of hydrogen-bond donors (Lipinski definition) is 0. The SMILES string of the molecule is COc1cc([C@@H](C[N+](=O)[O-])Sc2nnc(C)n2-c2ccc(C)cc2)cc(Br)c1OCc1ccc(Cl)c(Cl)c1. The summed E-state index contributed by atoms with van der Waals surface area (Å²) >= 11 is 16.9. The molecule has 0 unspecified atom stereocenters. The first kappa shape index (κ1) is 28.2. The van der Waals surface area contributed by atoms with Crippen LogP contribution in [0, 0.1) is 24.0 Å². The Labute approximate surface area is 242 Å². The average molecular weight is 638 g/mol. The maximum atomic E-state index is 11.6. The van der Waals surface area contributed by atoms with Crippen LogP contribution in [0.5, 0.6) is 11.5 Å². The Bertz CT molecular complexity index is 1470. The van der Waals surface area contributed by atoms with E-state index in [0.717, 1.165) is 16.8 Å². The topological polar surface area (TPSA) is 92.3 Å². The van der Waals surface area contributed by atoms with Crippen LogP contribution in [0.3, 0.4) is 0 Å². The molecule has 0 amide bonds. The van der Waals surface area contributed by atoms with Crippen LogP contribution in [0.1, 0.15) is 27.8 Å². The lowest BCUT2D eigenvalue weighted by Crippen LogP contribution is -2.12. The Balaban J connectivity index is 1.64. The van der Waals surface area contributed by atoms with Crippen LogP contribution in [0.15, 0.2) is 64.2 Å². The van der Waals surface area contributed by atoms with Crippen molar-refractivity contribution in [1.29, 1.82) is 0 Å². The molecule has 198 valence electrons. The van der Waals surface area contributed by atoms with Gasteiger partial charge in [0.15, 0.2) is 16.7 Å². The minimum atomic E-state index is -0.577. The first-order chi connectivity index (χ1) is 18.2. The molecule has 0 saturated carbocycles. The smallest absolute Gasteiger partial charge is 0.220 e. The molecule has 0 aliphatic heterocycles. The van der Waals surface area contributed by atoms with Gasteiger partial charge in [-0.05, 0) is 77.3 Å². The normalized spacial score (nSPS) is 11.8. The van der Waals surface area contributed by atoms with Crippen molar-refractivity contribution in [2.24, 2.45) is 0 Å². The first-order valence-electron chi connectivity index (χ1n) is 11.4. The summed E-state index contributed by atoms with van der Waals surface area (Å²) in [7, 11) is 1.52. The van der Waals surface area contributed by atoms with E-state index in [1.165, 1.54) is 18.9 Å². The number of rotatable bonds is 10. The third-order valence-electron chi connectivity index (χ3n) is 5.64. The Morgan fingerprint density at radius 2 is 1.82 bits per heavy atom. The zero-order valence-corrected chi connectivity index (χ0v) is 24.6. The average Bonchev–Trinajstić information content (AvgIpc) is 3.24. The molecule has 0 N–H and O–H groups in total. The Kier molecular flexibility index (Phi) is 9.19. The summed E-state index contributed by atoms with van der Waals surface area (Å²) in [5.74, 6) is 1.58. The molecular weight excluding hydrogens is 615 g/mol. The zero-order chi connectivity index (χ0) is 27.4. The molecule has 0 radical (unpaired) electrons. The summed E-state index contributed by atoms with van der Waals surface area (Å²) in [6.45, 7) is 3.74. The second kappa shape index (κ2) is 12.4. The Morgan fingerprint density at radius 3 is 2.47 bits per heavy atom. The number of nitrogens with zero attached hydrogens (tertiary/aromatic N) is 4. The van der Waals surface area contributed by atoms with E-state index in [1.807, 2.05) is 48.7 Å². The number of hydrogen-bond acceptors (Lipinski definition) is 7. The minimum absolute atomic E-state index is 0.219. The molecule has 0 saturated heterocycles. The van der Waals surface area contributed by atoms with Gasteiger partial charge in [-0.1, -0.05) is 58.7 Å². The number of benzene rings is 3. The van der Waals surface area contributed by atoms with E-state index in [-0.39, 0.29) is 18.1 Å². The van der Waals surface area contributed by atoms with Crippen LogP contribution in [-0.2, 0) is 6.61 Å². The van der Waals surface area contributed by atoms with Crippen molar-refractivity contribution in [3.05, 3.63) is 102 Å². The monoisotopic (exact) mass is 636 g/mol. The van der Waals surface area contributed by atoms with Gasteiger partial charge in [0.25, 0.3) is 0 Å². The van der Waals surface area contributed by atoms with Crippen molar-refractivity contribution in [3.63, 3.8) is 0 Å². The highest BCUT2D eigenvalue weighted by atomic mass is 79.9. The summed E-state index contributed by atoms with van der Waals surface area (Å²) in [6.07, 6.45) is 0. The molecule has 1 atom stereocenters. The van der Waals surface area contributed by atoms with Crippen molar-refractivity contribution < 1.29 is 14.4 Å². The molecule has 4 rings (SSSR count). The third-order valence-corrected chi connectivity index (χ3v) is 8.15. The van der Waals surface area contributed by atoms with Crippen molar-refractivity contribution in [2.75, 3.05) is 13.7 Å². The standard InChI is InChI=1S/C26H23BrCl2N4O4S/c1-15-4-7-19(8-5-15)33-16(2)30-31-26(33)38-24(13-32(34)35)18-11-20(27)25(23(12-18)36-3)37-14-17-6-9-21(28)22(29)10-17/h4-12,24H,13-14H2,1-3H3/t24-/m1/s1. The van der Waals surface area contributed by atoms with E-state index in [2.05, 4.69) is 26.1 Å². The second-order valence-electron chi connectivity index (χ2n) is 8.39. The second-order valence-corrected chi connectivity index (χ2v) is 11.2. The fourth-order valence-electron chi connectivity index (χ4n) is 3.73. The fraction of sp³-hybridized carbons (Fsp3) is 0.231. The summed E-state index contributed by atoms with van der Waals surface area (Å²) in [4.78, 5) is 11.3. The highest BCUT2D eigenvalue weighted by molar-refractivity contribution is 9.10. The summed E-state index contributed by atoms with van der Waals surface area (Å²) in [5.41, 5.74) is 3.50. The van der Waals surface area contributed by atoms with Crippen LogP contribution >= 0.6 is 50.9 Å². The summed E-state index contributed by atoms with van der Waals surface area (Å²) in [6, 6.07) is 16.7. The Hall–Kier alpha value is -2.79. The molecule has 0 aliphatic rings. The zero-order valence-electron chi connectivity index (χ0n) is 20.7. The van der Waals surface area contributed by atoms with E-state index < -0.39 is 5.25 Å².